The van der Waals surface area contributed by atoms with Gasteiger partial charge in [0.2, 0.25) is 0 Å². The zero-order chi connectivity index (χ0) is 11.5. The van der Waals surface area contributed by atoms with Crippen molar-refractivity contribution in [3.63, 3.8) is 0 Å². The topological polar surface area (TPSA) is 15.3 Å². The van der Waals surface area contributed by atoms with Crippen LogP contribution in [0.3, 0.4) is 0 Å². The number of hydrogen-bond acceptors (Lipinski definition) is 2. The largest absolute Gasteiger partial charge is 0.313 e. The third kappa shape index (κ3) is 2.65. The normalized spacial score (nSPS) is 23.6. The van der Waals surface area contributed by atoms with Crippen molar-refractivity contribution in [2.75, 3.05) is 27.2 Å². The number of hydrogen-bond donors (Lipinski definition) is 1. The van der Waals surface area contributed by atoms with Crippen LogP contribution in [0.2, 0.25) is 0 Å². The van der Waals surface area contributed by atoms with Crippen LogP contribution in [-0.2, 0) is 0 Å². The molecule has 1 N–H and O–H groups in total. The van der Waals surface area contributed by atoms with Gasteiger partial charge in [0.1, 0.15) is 0 Å². The highest BCUT2D eigenvalue weighted by Crippen LogP contribution is 2.29. The van der Waals surface area contributed by atoms with Crippen molar-refractivity contribution in [1.82, 2.24) is 10.2 Å². The summed E-state index contributed by atoms with van der Waals surface area (Å²) in [7, 11) is 4.26. The standard InChI is InChI=1S/C13H19BrN2/c1-15-13(11-7-8-16(2)9-11)10-3-5-12(14)6-4-10/h3-6,11,13,15H,7-9H2,1-2H3. The van der Waals surface area contributed by atoms with Crippen LogP contribution in [0.15, 0.2) is 28.7 Å². The first-order valence-electron chi connectivity index (χ1n) is 5.82. The Morgan fingerprint density at radius 1 is 1.38 bits per heavy atom. The molecule has 3 heteroatoms. The molecule has 2 unspecified atom stereocenters. The second-order valence-electron chi connectivity index (χ2n) is 4.63. The average Bonchev–Trinajstić information content (AvgIpc) is 2.69. The van der Waals surface area contributed by atoms with Gasteiger partial charge in [-0.1, -0.05) is 28.1 Å². The van der Waals surface area contributed by atoms with E-state index >= 15 is 0 Å². The van der Waals surface area contributed by atoms with Crippen LogP contribution < -0.4 is 5.32 Å². The summed E-state index contributed by atoms with van der Waals surface area (Å²) in [5.74, 6) is 0.733. The Balaban J connectivity index is 2.13. The molecule has 0 radical (unpaired) electrons. The molecule has 1 aromatic carbocycles. The first kappa shape index (κ1) is 12.1. The summed E-state index contributed by atoms with van der Waals surface area (Å²) >= 11 is 3.48. The Labute approximate surface area is 106 Å². The fraction of sp³-hybridized carbons (Fsp3) is 0.538. The van der Waals surface area contributed by atoms with Crippen LogP contribution in [0.4, 0.5) is 0 Å². The van der Waals surface area contributed by atoms with E-state index in [2.05, 4.69) is 64.5 Å². The molecule has 0 spiro atoms. The third-order valence-corrected chi connectivity index (χ3v) is 3.97. The molecule has 1 aromatic rings. The molecule has 0 amide bonds. The molecule has 2 nitrogen and oxygen atoms in total. The molecule has 0 saturated carbocycles. The summed E-state index contributed by atoms with van der Waals surface area (Å²) in [4.78, 5) is 2.41. The van der Waals surface area contributed by atoms with Gasteiger partial charge in [-0.15, -0.1) is 0 Å². The SMILES string of the molecule is CNC(c1ccc(Br)cc1)C1CCN(C)C1. The number of rotatable bonds is 3. The number of likely N-dealkylation sites (tertiary alicyclic amines) is 1. The molecule has 0 bridgehead atoms. The highest BCUT2D eigenvalue weighted by Gasteiger charge is 2.27. The number of halogens is 1. The van der Waals surface area contributed by atoms with E-state index in [-0.39, 0.29) is 0 Å². The van der Waals surface area contributed by atoms with Crippen LogP contribution in [0.1, 0.15) is 18.0 Å². The fourth-order valence-corrected chi connectivity index (χ4v) is 2.85. The quantitative estimate of drug-likeness (QED) is 0.917. The summed E-state index contributed by atoms with van der Waals surface area (Å²) in [5, 5.41) is 3.46. The monoisotopic (exact) mass is 282 g/mol. The van der Waals surface area contributed by atoms with Crippen molar-refractivity contribution < 1.29 is 0 Å². The van der Waals surface area contributed by atoms with Gasteiger partial charge in [-0.2, -0.15) is 0 Å². The molecule has 16 heavy (non-hydrogen) atoms. The van der Waals surface area contributed by atoms with Crippen LogP contribution >= 0.6 is 15.9 Å². The number of nitrogens with zero attached hydrogens (tertiary/aromatic N) is 1. The predicted molar refractivity (Wildman–Crippen MR) is 71.5 cm³/mol. The highest BCUT2D eigenvalue weighted by atomic mass is 79.9. The first-order valence-corrected chi connectivity index (χ1v) is 6.61. The molecule has 0 aromatic heterocycles. The van der Waals surface area contributed by atoms with Crippen molar-refractivity contribution >= 4 is 15.9 Å². The van der Waals surface area contributed by atoms with Crippen LogP contribution in [0.5, 0.6) is 0 Å². The van der Waals surface area contributed by atoms with Crippen molar-refractivity contribution in [3.05, 3.63) is 34.3 Å². The summed E-state index contributed by atoms with van der Waals surface area (Å²) in [6.45, 7) is 2.42. The van der Waals surface area contributed by atoms with E-state index in [0.29, 0.717) is 6.04 Å². The molecule has 1 fully saturated rings. The lowest BCUT2D eigenvalue weighted by molar-refractivity contribution is 0.351. The lowest BCUT2D eigenvalue weighted by Crippen LogP contribution is -2.27. The Morgan fingerprint density at radius 3 is 2.56 bits per heavy atom. The maximum absolute atomic E-state index is 3.48. The van der Waals surface area contributed by atoms with E-state index in [4.69, 9.17) is 0 Å². The molecule has 2 atom stereocenters. The molecule has 2 rings (SSSR count). The lowest BCUT2D eigenvalue weighted by Gasteiger charge is -2.23. The van der Waals surface area contributed by atoms with Crippen molar-refractivity contribution in [2.24, 2.45) is 5.92 Å². The number of nitrogens with one attached hydrogen (secondary N) is 1. The van der Waals surface area contributed by atoms with Gasteiger partial charge in [0.05, 0.1) is 0 Å². The summed E-state index contributed by atoms with van der Waals surface area (Å²) in [6.07, 6.45) is 1.29. The Kier molecular flexibility index (Phi) is 4.00. The molecule has 1 heterocycles. The van der Waals surface area contributed by atoms with Crippen LogP contribution in [-0.4, -0.2) is 32.1 Å². The van der Waals surface area contributed by atoms with E-state index in [1.54, 1.807) is 0 Å². The molecule has 1 aliphatic heterocycles. The second-order valence-corrected chi connectivity index (χ2v) is 5.54. The predicted octanol–water partition coefficient (Wildman–Crippen LogP) is 2.66. The van der Waals surface area contributed by atoms with Gasteiger partial charge >= 0.3 is 0 Å². The van der Waals surface area contributed by atoms with E-state index in [1.165, 1.54) is 25.1 Å². The molecule has 1 saturated heterocycles. The average molecular weight is 283 g/mol. The van der Waals surface area contributed by atoms with Crippen molar-refractivity contribution in [3.8, 4) is 0 Å². The summed E-state index contributed by atoms with van der Waals surface area (Å²) < 4.78 is 1.15. The van der Waals surface area contributed by atoms with Crippen LogP contribution in [0, 0.1) is 5.92 Å². The first-order chi connectivity index (χ1) is 7.70. The molecule has 1 aliphatic rings. The summed E-state index contributed by atoms with van der Waals surface area (Å²) in [5.41, 5.74) is 1.39. The second kappa shape index (κ2) is 5.30. The van der Waals surface area contributed by atoms with E-state index in [0.717, 1.165) is 10.4 Å². The Hall–Kier alpha value is -0.380. The lowest BCUT2D eigenvalue weighted by atomic mass is 9.92. The van der Waals surface area contributed by atoms with Gasteiger partial charge in [-0.3, -0.25) is 0 Å². The van der Waals surface area contributed by atoms with Gasteiger partial charge < -0.3 is 10.2 Å². The van der Waals surface area contributed by atoms with E-state index in [9.17, 15) is 0 Å². The number of benzene rings is 1. The minimum atomic E-state index is 0.484. The maximum atomic E-state index is 3.48. The van der Waals surface area contributed by atoms with Gasteiger partial charge in [0.15, 0.2) is 0 Å². The fourth-order valence-electron chi connectivity index (χ4n) is 2.59. The Bertz CT molecular complexity index is 336. The van der Waals surface area contributed by atoms with Crippen LogP contribution in [0.25, 0.3) is 0 Å². The zero-order valence-corrected chi connectivity index (χ0v) is 11.5. The van der Waals surface area contributed by atoms with E-state index in [1.807, 2.05) is 0 Å². The van der Waals surface area contributed by atoms with Gasteiger partial charge in [0, 0.05) is 17.1 Å². The van der Waals surface area contributed by atoms with E-state index < -0.39 is 0 Å². The van der Waals surface area contributed by atoms with Gasteiger partial charge in [-0.05, 0) is 50.7 Å². The zero-order valence-electron chi connectivity index (χ0n) is 9.91. The van der Waals surface area contributed by atoms with Gasteiger partial charge in [-0.25, -0.2) is 0 Å². The molecular formula is C13H19BrN2. The van der Waals surface area contributed by atoms with Crippen molar-refractivity contribution in [2.45, 2.75) is 12.5 Å². The third-order valence-electron chi connectivity index (χ3n) is 3.44. The molecule has 0 aliphatic carbocycles. The van der Waals surface area contributed by atoms with Crippen molar-refractivity contribution in [1.29, 1.82) is 0 Å². The minimum absolute atomic E-state index is 0.484. The Morgan fingerprint density at radius 2 is 2.06 bits per heavy atom. The summed E-state index contributed by atoms with van der Waals surface area (Å²) in [6, 6.07) is 9.15. The minimum Gasteiger partial charge on any atom is -0.313 e. The maximum Gasteiger partial charge on any atom is 0.0358 e. The highest BCUT2D eigenvalue weighted by molar-refractivity contribution is 9.10. The molecular weight excluding hydrogens is 264 g/mol. The van der Waals surface area contributed by atoms with Gasteiger partial charge in [0.25, 0.3) is 0 Å². The smallest absolute Gasteiger partial charge is 0.0358 e. The molecule has 88 valence electrons.